The zero-order valence-corrected chi connectivity index (χ0v) is 8.79. The van der Waals surface area contributed by atoms with Gasteiger partial charge < -0.3 is 9.47 Å². The summed E-state index contributed by atoms with van der Waals surface area (Å²) in [5.74, 6) is 0.501. The van der Waals surface area contributed by atoms with Crippen LogP contribution < -0.4 is 9.47 Å². The minimum absolute atomic E-state index is 0.316. The van der Waals surface area contributed by atoms with Crippen molar-refractivity contribution in [3.8, 4) is 11.5 Å². The molecule has 0 heterocycles. The van der Waals surface area contributed by atoms with Crippen molar-refractivity contribution >= 4 is 5.97 Å². The van der Waals surface area contributed by atoms with Gasteiger partial charge in [-0.1, -0.05) is 5.11 Å². The molecule has 0 aliphatic heterocycles. The number of carbonyl (C=O) groups excluding carboxylic acids is 1. The Bertz CT molecular complexity index is 396. The number of nitrogens with zero attached hydrogens (tertiary/aromatic N) is 3. The molecule has 6 heteroatoms. The first kappa shape index (κ1) is 11.9. The summed E-state index contributed by atoms with van der Waals surface area (Å²) in [6.07, 6.45) is 0. The van der Waals surface area contributed by atoms with Gasteiger partial charge in [0.15, 0.2) is 0 Å². The number of rotatable bonds is 5. The zero-order chi connectivity index (χ0) is 11.8. The highest BCUT2D eigenvalue weighted by Gasteiger charge is 2.02. The van der Waals surface area contributed by atoms with Gasteiger partial charge >= 0.3 is 5.97 Å². The van der Waals surface area contributed by atoms with E-state index in [9.17, 15) is 4.79 Å². The molecule has 0 saturated carbocycles. The lowest BCUT2D eigenvalue weighted by Crippen LogP contribution is -2.10. The summed E-state index contributed by atoms with van der Waals surface area (Å²) in [5.41, 5.74) is 8.01. The number of esters is 1. The largest absolute Gasteiger partial charge is 0.494 e. The Balaban J connectivity index is 2.54. The number of ether oxygens (including phenoxy) is 2. The molecular weight excluding hydrogens is 210 g/mol. The summed E-state index contributed by atoms with van der Waals surface area (Å²) in [6.45, 7) is 2.15. The van der Waals surface area contributed by atoms with Crippen molar-refractivity contribution in [1.82, 2.24) is 0 Å². The molecule has 0 spiro atoms. The fourth-order valence-electron chi connectivity index (χ4n) is 1.02. The van der Waals surface area contributed by atoms with Gasteiger partial charge in [-0.05, 0) is 36.7 Å². The van der Waals surface area contributed by atoms with Gasteiger partial charge in [0.1, 0.15) is 18.0 Å². The molecule has 0 amide bonds. The van der Waals surface area contributed by atoms with E-state index in [-0.39, 0.29) is 6.54 Å². The van der Waals surface area contributed by atoms with Crippen LogP contribution in [0.3, 0.4) is 0 Å². The standard InChI is InChI=1S/C10H11N3O3/c1-2-15-8-3-5-9(6-4-8)16-10(14)7-12-13-11/h3-6H,2,7H2,1H3. The lowest BCUT2D eigenvalue weighted by Gasteiger charge is -2.04. The van der Waals surface area contributed by atoms with Crippen molar-refractivity contribution in [3.05, 3.63) is 34.7 Å². The molecule has 84 valence electrons. The average molecular weight is 221 g/mol. The van der Waals surface area contributed by atoms with E-state index in [1.807, 2.05) is 6.92 Å². The minimum atomic E-state index is -0.595. The first-order valence-corrected chi connectivity index (χ1v) is 4.70. The van der Waals surface area contributed by atoms with Crippen molar-refractivity contribution in [2.75, 3.05) is 13.2 Å². The van der Waals surface area contributed by atoms with Gasteiger partial charge in [-0.15, -0.1) is 0 Å². The monoisotopic (exact) mass is 221 g/mol. The van der Waals surface area contributed by atoms with Crippen molar-refractivity contribution in [2.45, 2.75) is 6.92 Å². The molecule has 0 unspecified atom stereocenters. The van der Waals surface area contributed by atoms with Crippen molar-refractivity contribution in [2.24, 2.45) is 5.11 Å². The fourth-order valence-corrected chi connectivity index (χ4v) is 1.02. The Labute approximate surface area is 92.4 Å². The number of carbonyl (C=O) groups is 1. The molecule has 1 rings (SSSR count). The second-order valence-electron chi connectivity index (χ2n) is 2.77. The van der Waals surface area contributed by atoms with Crippen molar-refractivity contribution < 1.29 is 14.3 Å². The second-order valence-corrected chi connectivity index (χ2v) is 2.77. The highest BCUT2D eigenvalue weighted by molar-refractivity contribution is 5.74. The highest BCUT2D eigenvalue weighted by Crippen LogP contribution is 2.17. The van der Waals surface area contributed by atoms with Crippen LogP contribution in [-0.4, -0.2) is 19.1 Å². The van der Waals surface area contributed by atoms with Crippen LogP contribution in [0.5, 0.6) is 11.5 Å². The molecule has 0 aliphatic carbocycles. The lowest BCUT2D eigenvalue weighted by molar-refractivity contribution is -0.132. The molecule has 0 N–H and O–H groups in total. The second kappa shape index (κ2) is 6.31. The van der Waals surface area contributed by atoms with Crippen LogP contribution in [0.1, 0.15) is 6.92 Å². The van der Waals surface area contributed by atoms with Crippen LogP contribution in [0.25, 0.3) is 10.4 Å². The van der Waals surface area contributed by atoms with Crippen molar-refractivity contribution in [1.29, 1.82) is 0 Å². The van der Waals surface area contributed by atoms with Crippen LogP contribution >= 0.6 is 0 Å². The predicted octanol–water partition coefficient (Wildman–Crippen LogP) is 2.30. The number of benzene rings is 1. The highest BCUT2D eigenvalue weighted by atomic mass is 16.5. The Kier molecular flexibility index (Phi) is 4.69. The van der Waals surface area contributed by atoms with E-state index in [2.05, 4.69) is 10.0 Å². The molecule has 1 aromatic rings. The molecule has 1 aromatic carbocycles. The third kappa shape index (κ3) is 3.89. The molecule has 0 atom stereocenters. The summed E-state index contributed by atoms with van der Waals surface area (Å²) in [6, 6.07) is 6.61. The van der Waals surface area contributed by atoms with Crippen LogP contribution in [0, 0.1) is 0 Å². The van der Waals surface area contributed by atoms with E-state index >= 15 is 0 Å². The Morgan fingerprint density at radius 2 is 2.00 bits per heavy atom. The first-order valence-electron chi connectivity index (χ1n) is 4.70. The summed E-state index contributed by atoms with van der Waals surface area (Å²) < 4.78 is 10.1. The quantitative estimate of drug-likeness (QED) is 0.251. The Morgan fingerprint density at radius 1 is 1.38 bits per heavy atom. The lowest BCUT2D eigenvalue weighted by atomic mass is 10.3. The van der Waals surface area contributed by atoms with Crippen LogP contribution in [0.15, 0.2) is 29.4 Å². The van der Waals surface area contributed by atoms with E-state index in [1.165, 1.54) is 0 Å². The van der Waals surface area contributed by atoms with Gasteiger partial charge in [0.2, 0.25) is 0 Å². The van der Waals surface area contributed by atoms with Gasteiger partial charge in [0.05, 0.1) is 6.61 Å². The molecule has 0 radical (unpaired) electrons. The summed E-state index contributed by atoms with van der Waals surface area (Å²) >= 11 is 0. The summed E-state index contributed by atoms with van der Waals surface area (Å²) in [4.78, 5) is 13.5. The maximum Gasteiger partial charge on any atom is 0.317 e. The summed E-state index contributed by atoms with van der Waals surface area (Å²) in [5, 5.41) is 3.10. The molecular formula is C10H11N3O3. The number of hydrogen-bond donors (Lipinski definition) is 0. The molecule has 0 aliphatic rings. The third-order valence-electron chi connectivity index (χ3n) is 1.63. The molecule has 0 saturated heterocycles. The maximum absolute atomic E-state index is 11.1. The van der Waals surface area contributed by atoms with Gasteiger partial charge in [-0.3, -0.25) is 4.79 Å². The number of azide groups is 1. The predicted molar refractivity (Wildman–Crippen MR) is 57.3 cm³/mol. The zero-order valence-electron chi connectivity index (χ0n) is 8.79. The molecule has 0 bridgehead atoms. The Hall–Kier alpha value is -2.20. The van der Waals surface area contributed by atoms with Crippen LogP contribution in [0.2, 0.25) is 0 Å². The van der Waals surface area contributed by atoms with E-state index in [0.717, 1.165) is 0 Å². The Morgan fingerprint density at radius 3 is 2.56 bits per heavy atom. The van der Waals surface area contributed by atoms with Crippen LogP contribution in [0.4, 0.5) is 0 Å². The molecule has 0 aromatic heterocycles. The van der Waals surface area contributed by atoms with E-state index in [4.69, 9.17) is 15.0 Å². The number of hydrogen-bond acceptors (Lipinski definition) is 4. The smallest absolute Gasteiger partial charge is 0.317 e. The normalized spacial score (nSPS) is 9.06. The molecule has 6 nitrogen and oxygen atoms in total. The topological polar surface area (TPSA) is 84.3 Å². The van der Waals surface area contributed by atoms with Gasteiger partial charge in [-0.2, -0.15) is 0 Å². The van der Waals surface area contributed by atoms with Gasteiger partial charge in [0.25, 0.3) is 0 Å². The van der Waals surface area contributed by atoms with E-state index in [1.54, 1.807) is 24.3 Å². The molecule has 16 heavy (non-hydrogen) atoms. The average Bonchev–Trinajstić information content (AvgIpc) is 2.29. The molecule has 0 fully saturated rings. The maximum atomic E-state index is 11.1. The van der Waals surface area contributed by atoms with E-state index in [0.29, 0.717) is 18.1 Å². The van der Waals surface area contributed by atoms with E-state index < -0.39 is 5.97 Å². The van der Waals surface area contributed by atoms with Gasteiger partial charge in [0, 0.05) is 4.91 Å². The SMILES string of the molecule is CCOc1ccc(OC(=O)CN=[N+]=[N-])cc1. The summed E-state index contributed by atoms with van der Waals surface area (Å²) in [7, 11) is 0. The fraction of sp³-hybridized carbons (Fsp3) is 0.300. The first-order chi connectivity index (χ1) is 7.76. The van der Waals surface area contributed by atoms with Crippen molar-refractivity contribution in [3.63, 3.8) is 0 Å². The third-order valence-corrected chi connectivity index (χ3v) is 1.63. The minimum Gasteiger partial charge on any atom is -0.494 e. The van der Waals surface area contributed by atoms with Crippen LogP contribution in [-0.2, 0) is 4.79 Å². The van der Waals surface area contributed by atoms with Gasteiger partial charge in [-0.25, -0.2) is 0 Å².